The fourth-order valence-corrected chi connectivity index (χ4v) is 2.00. The van der Waals surface area contributed by atoms with E-state index in [0.717, 1.165) is 0 Å². The summed E-state index contributed by atoms with van der Waals surface area (Å²) >= 11 is 8.60. The van der Waals surface area contributed by atoms with Crippen LogP contribution in [-0.4, -0.2) is 18.1 Å². The molecule has 0 aliphatic heterocycles. The Kier molecular flexibility index (Phi) is 4.61. The molecule has 16 heavy (non-hydrogen) atoms. The number of methoxy groups -OCH3 is 1. The summed E-state index contributed by atoms with van der Waals surface area (Å²) < 4.78 is 30.1. The Morgan fingerprint density at radius 2 is 2.31 bits per heavy atom. The number of carbonyl (C=O) groups is 1. The first-order valence-corrected chi connectivity index (χ1v) is 5.32. The largest absolute Gasteiger partial charge is 0.469 e. The van der Waals surface area contributed by atoms with Crippen LogP contribution >= 0.6 is 27.5 Å². The van der Waals surface area contributed by atoms with Crippen LogP contribution in [0.25, 0.3) is 0 Å². The third-order valence-electron chi connectivity index (χ3n) is 1.85. The molecular weight excluding hydrogens is 307 g/mol. The lowest BCUT2D eigenvalue weighted by Crippen LogP contribution is -2.08. The van der Waals surface area contributed by atoms with Gasteiger partial charge < -0.3 is 4.74 Å². The van der Waals surface area contributed by atoms with Crippen molar-refractivity contribution in [2.24, 2.45) is 0 Å². The Morgan fingerprint density at radius 3 is 2.81 bits per heavy atom. The predicted molar refractivity (Wildman–Crippen MR) is 57.6 cm³/mol. The van der Waals surface area contributed by atoms with Crippen LogP contribution < -0.4 is 0 Å². The number of hydrogen-bond acceptors (Lipinski definition) is 3. The van der Waals surface area contributed by atoms with Crippen molar-refractivity contribution in [3.8, 4) is 0 Å². The first kappa shape index (κ1) is 13.3. The molecule has 0 amide bonds. The van der Waals surface area contributed by atoms with Crippen LogP contribution in [0.2, 0.25) is 5.15 Å². The van der Waals surface area contributed by atoms with Crippen molar-refractivity contribution >= 4 is 33.5 Å². The smallest absolute Gasteiger partial charge is 0.309 e. The average Bonchev–Trinajstić information content (AvgIpc) is 2.15. The number of hydrogen-bond donors (Lipinski definition) is 0. The van der Waals surface area contributed by atoms with Crippen molar-refractivity contribution in [1.29, 1.82) is 0 Å². The molecule has 1 heterocycles. The highest BCUT2D eigenvalue weighted by atomic mass is 79.9. The van der Waals surface area contributed by atoms with Gasteiger partial charge in [-0.1, -0.05) is 11.6 Å². The van der Waals surface area contributed by atoms with E-state index < -0.39 is 18.0 Å². The number of halogens is 4. The molecule has 0 bridgehead atoms. The van der Waals surface area contributed by atoms with Gasteiger partial charge in [0.2, 0.25) is 0 Å². The highest BCUT2D eigenvalue weighted by Crippen LogP contribution is 2.31. The number of carbonyl (C=O) groups excluding carboxylic acids is 1. The summed E-state index contributed by atoms with van der Waals surface area (Å²) in [5.74, 6) is -0.615. The van der Waals surface area contributed by atoms with E-state index in [2.05, 4.69) is 25.7 Å². The second-order valence-electron chi connectivity index (χ2n) is 2.86. The molecule has 0 aliphatic carbocycles. The van der Waals surface area contributed by atoms with Gasteiger partial charge in [-0.3, -0.25) is 4.79 Å². The van der Waals surface area contributed by atoms with E-state index in [1.807, 2.05) is 0 Å². The van der Waals surface area contributed by atoms with E-state index in [-0.39, 0.29) is 17.1 Å². The zero-order valence-electron chi connectivity index (χ0n) is 8.14. The fourth-order valence-electron chi connectivity index (χ4n) is 1.14. The van der Waals surface area contributed by atoms with Gasteiger partial charge in [-0.15, -0.1) is 0 Å². The summed E-state index contributed by atoms with van der Waals surface area (Å²) in [6, 6.07) is 1.32. The quantitative estimate of drug-likeness (QED) is 0.635. The van der Waals surface area contributed by atoms with Gasteiger partial charge in [0, 0.05) is 0 Å². The van der Waals surface area contributed by atoms with E-state index in [4.69, 9.17) is 11.6 Å². The molecule has 0 radical (unpaired) electrons. The molecule has 0 atom stereocenters. The van der Waals surface area contributed by atoms with Crippen LogP contribution in [0.15, 0.2) is 10.7 Å². The molecule has 7 heteroatoms. The monoisotopic (exact) mass is 313 g/mol. The maximum atomic E-state index is 12.7. The molecular formula is C9H7BrClF2NO2. The molecule has 0 aromatic carbocycles. The highest BCUT2D eigenvalue weighted by Gasteiger charge is 2.21. The predicted octanol–water partition coefficient (Wildman–Crippen LogP) is 3.15. The molecule has 0 spiro atoms. The molecule has 1 aromatic heterocycles. The van der Waals surface area contributed by atoms with Gasteiger partial charge in [-0.05, 0) is 27.6 Å². The summed E-state index contributed by atoms with van der Waals surface area (Å²) in [5.41, 5.74) is -0.330. The minimum absolute atomic E-state index is 0.105. The maximum Gasteiger partial charge on any atom is 0.309 e. The van der Waals surface area contributed by atoms with Gasteiger partial charge in [0.1, 0.15) is 9.76 Å². The normalized spacial score (nSPS) is 10.6. The van der Waals surface area contributed by atoms with E-state index in [1.165, 1.54) is 13.2 Å². The number of nitrogens with zero attached hydrogens (tertiary/aromatic N) is 1. The Labute approximate surface area is 104 Å². The van der Waals surface area contributed by atoms with E-state index in [1.54, 1.807) is 0 Å². The molecule has 88 valence electrons. The third kappa shape index (κ3) is 3.12. The van der Waals surface area contributed by atoms with Crippen LogP contribution in [0.4, 0.5) is 8.78 Å². The molecule has 0 saturated heterocycles. The first-order valence-electron chi connectivity index (χ1n) is 4.15. The van der Waals surface area contributed by atoms with E-state index in [9.17, 15) is 13.6 Å². The van der Waals surface area contributed by atoms with Crippen LogP contribution in [0.3, 0.4) is 0 Å². The number of esters is 1. The third-order valence-corrected chi connectivity index (χ3v) is 2.54. The minimum atomic E-state index is -2.78. The highest BCUT2D eigenvalue weighted by molar-refractivity contribution is 9.10. The zero-order valence-corrected chi connectivity index (χ0v) is 10.5. The Morgan fingerprint density at radius 1 is 1.69 bits per heavy atom. The SMILES string of the molecule is COC(=O)Cc1cc(Br)nc(Cl)c1C(F)F. The molecule has 1 aromatic rings. The standard InChI is InChI=1S/C9H7BrClF2NO2/c1-16-6(15)3-4-2-5(10)14-8(11)7(4)9(12)13/h2,9H,3H2,1H3. The van der Waals surface area contributed by atoms with Gasteiger partial charge in [-0.2, -0.15) is 0 Å². The number of aromatic nitrogens is 1. The van der Waals surface area contributed by atoms with Crippen molar-refractivity contribution in [3.05, 3.63) is 26.9 Å². The Balaban J connectivity index is 3.18. The summed E-state index contributed by atoms with van der Waals surface area (Å²) in [5, 5.41) is -0.316. The summed E-state index contributed by atoms with van der Waals surface area (Å²) in [7, 11) is 1.18. The topological polar surface area (TPSA) is 39.2 Å². The average molecular weight is 315 g/mol. The lowest BCUT2D eigenvalue weighted by atomic mass is 10.1. The van der Waals surface area contributed by atoms with E-state index in [0.29, 0.717) is 4.60 Å². The van der Waals surface area contributed by atoms with E-state index >= 15 is 0 Å². The Bertz CT molecular complexity index is 415. The van der Waals surface area contributed by atoms with Crippen LogP contribution in [0, 0.1) is 0 Å². The lowest BCUT2D eigenvalue weighted by Gasteiger charge is -2.09. The summed E-state index contributed by atoms with van der Waals surface area (Å²) in [4.78, 5) is 14.7. The Hall–Kier alpha value is -0.750. The molecule has 0 aliphatic rings. The molecule has 0 unspecified atom stereocenters. The zero-order chi connectivity index (χ0) is 12.3. The van der Waals surface area contributed by atoms with Crippen molar-refractivity contribution in [2.45, 2.75) is 12.8 Å². The molecule has 3 nitrogen and oxygen atoms in total. The minimum Gasteiger partial charge on any atom is -0.469 e. The first-order chi connectivity index (χ1) is 7.45. The van der Waals surface area contributed by atoms with Crippen LogP contribution in [0.5, 0.6) is 0 Å². The van der Waals surface area contributed by atoms with Crippen molar-refractivity contribution in [1.82, 2.24) is 4.98 Å². The molecule has 1 rings (SSSR count). The maximum absolute atomic E-state index is 12.7. The summed E-state index contributed by atoms with van der Waals surface area (Å²) in [6.45, 7) is 0. The second kappa shape index (κ2) is 5.54. The number of ether oxygens (including phenoxy) is 1. The number of pyridine rings is 1. The van der Waals surface area contributed by atoms with Gasteiger partial charge >= 0.3 is 5.97 Å². The van der Waals surface area contributed by atoms with Gasteiger partial charge in [0.15, 0.2) is 0 Å². The molecule has 0 N–H and O–H groups in total. The van der Waals surface area contributed by atoms with Crippen molar-refractivity contribution < 1.29 is 18.3 Å². The van der Waals surface area contributed by atoms with Gasteiger partial charge in [-0.25, -0.2) is 13.8 Å². The van der Waals surface area contributed by atoms with Crippen LogP contribution in [0.1, 0.15) is 17.6 Å². The lowest BCUT2D eigenvalue weighted by molar-refractivity contribution is -0.139. The van der Waals surface area contributed by atoms with Crippen LogP contribution in [-0.2, 0) is 16.0 Å². The van der Waals surface area contributed by atoms with Gasteiger partial charge in [0.25, 0.3) is 6.43 Å². The summed E-state index contributed by atoms with van der Waals surface area (Å²) in [6.07, 6.45) is -3.05. The molecule has 0 saturated carbocycles. The number of alkyl halides is 2. The second-order valence-corrected chi connectivity index (χ2v) is 4.03. The van der Waals surface area contributed by atoms with Crippen molar-refractivity contribution in [3.63, 3.8) is 0 Å². The van der Waals surface area contributed by atoms with Gasteiger partial charge in [0.05, 0.1) is 19.1 Å². The number of rotatable bonds is 3. The van der Waals surface area contributed by atoms with Crippen molar-refractivity contribution in [2.75, 3.05) is 7.11 Å². The fraction of sp³-hybridized carbons (Fsp3) is 0.333. The molecule has 0 fully saturated rings.